The number of rotatable bonds is 0. The molecule has 0 aromatic carbocycles. The highest BCUT2D eigenvalue weighted by molar-refractivity contribution is 6.41. The van der Waals surface area contributed by atoms with Crippen molar-refractivity contribution in [3.63, 3.8) is 0 Å². The lowest BCUT2D eigenvalue weighted by molar-refractivity contribution is -0.134. The fourth-order valence-corrected chi connectivity index (χ4v) is 0.954. The van der Waals surface area contributed by atoms with Crippen molar-refractivity contribution < 1.29 is 9.59 Å². The second kappa shape index (κ2) is 3.30. The summed E-state index contributed by atoms with van der Waals surface area (Å²) >= 11 is 0. The first-order chi connectivity index (χ1) is 4.80. The van der Waals surface area contributed by atoms with E-state index in [0.717, 1.165) is 19.3 Å². The van der Waals surface area contributed by atoms with Crippen LogP contribution in [0.25, 0.3) is 0 Å². The minimum absolute atomic E-state index is 0.240. The summed E-state index contributed by atoms with van der Waals surface area (Å²) in [6.45, 7) is 0. The summed E-state index contributed by atoms with van der Waals surface area (Å²) in [5, 5.41) is 0. The van der Waals surface area contributed by atoms with E-state index in [9.17, 15) is 9.59 Å². The van der Waals surface area contributed by atoms with Crippen molar-refractivity contribution in [2.45, 2.75) is 25.7 Å². The minimum atomic E-state index is -0.334. The van der Waals surface area contributed by atoms with Crippen LogP contribution in [-0.4, -0.2) is 11.6 Å². The molecule has 0 spiro atoms. The Morgan fingerprint density at radius 1 is 1.20 bits per heavy atom. The zero-order valence-electron chi connectivity index (χ0n) is 5.80. The van der Waals surface area contributed by atoms with Crippen molar-refractivity contribution in [2.75, 3.05) is 0 Å². The highest BCUT2D eigenvalue weighted by Crippen LogP contribution is 2.05. The van der Waals surface area contributed by atoms with Gasteiger partial charge in [-0.25, -0.2) is 0 Å². The number of hydrogen-bond acceptors (Lipinski definition) is 2. The molecule has 0 saturated heterocycles. The summed E-state index contributed by atoms with van der Waals surface area (Å²) in [5.74, 6) is -0.573. The predicted molar refractivity (Wildman–Crippen MR) is 37.6 cm³/mol. The summed E-state index contributed by atoms with van der Waals surface area (Å²) in [5.41, 5.74) is 0. The van der Waals surface area contributed by atoms with Gasteiger partial charge >= 0.3 is 0 Å². The third-order valence-electron chi connectivity index (χ3n) is 1.57. The van der Waals surface area contributed by atoms with Gasteiger partial charge in [0.1, 0.15) is 0 Å². The molecule has 0 radical (unpaired) electrons. The minimum Gasteiger partial charge on any atom is -0.291 e. The van der Waals surface area contributed by atoms with Crippen molar-refractivity contribution in [1.82, 2.24) is 0 Å². The van der Waals surface area contributed by atoms with Gasteiger partial charge in [-0.1, -0.05) is 6.08 Å². The van der Waals surface area contributed by atoms with Crippen LogP contribution in [0.3, 0.4) is 0 Å². The Kier molecular flexibility index (Phi) is 2.37. The van der Waals surface area contributed by atoms with Crippen LogP contribution in [0, 0.1) is 0 Å². The summed E-state index contributed by atoms with van der Waals surface area (Å²) in [4.78, 5) is 21.5. The average Bonchev–Trinajstić information content (AvgIpc) is 1.92. The first kappa shape index (κ1) is 7.19. The largest absolute Gasteiger partial charge is 0.291 e. The molecule has 54 valence electrons. The molecular formula is C8H10O2. The summed E-state index contributed by atoms with van der Waals surface area (Å²) in [6, 6.07) is 0. The number of ketones is 2. The highest BCUT2D eigenvalue weighted by Gasteiger charge is 2.10. The third kappa shape index (κ3) is 1.79. The van der Waals surface area contributed by atoms with E-state index in [-0.39, 0.29) is 11.6 Å². The number of hydrogen-bond donors (Lipinski definition) is 0. The second-order valence-electron chi connectivity index (χ2n) is 2.44. The molecule has 1 rings (SSSR count). The van der Waals surface area contributed by atoms with Crippen LogP contribution in [0.5, 0.6) is 0 Å². The lowest BCUT2D eigenvalue weighted by Crippen LogP contribution is -2.11. The Labute approximate surface area is 59.9 Å². The summed E-state index contributed by atoms with van der Waals surface area (Å²) in [6.07, 6.45) is 6.41. The van der Waals surface area contributed by atoms with Crippen LogP contribution in [-0.2, 0) is 9.59 Å². The summed E-state index contributed by atoms with van der Waals surface area (Å²) < 4.78 is 0. The smallest absolute Gasteiger partial charge is 0.221 e. The van der Waals surface area contributed by atoms with Crippen LogP contribution < -0.4 is 0 Å². The molecule has 0 unspecified atom stereocenters. The van der Waals surface area contributed by atoms with Gasteiger partial charge in [0.2, 0.25) is 11.6 Å². The van der Waals surface area contributed by atoms with Crippen LogP contribution in [0.1, 0.15) is 25.7 Å². The molecule has 0 aliphatic heterocycles. The molecule has 0 aromatic rings. The molecule has 2 nitrogen and oxygen atoms in total. The van der Waals surface area contributed by atoms with Gasteiger partial charge in [-0.2, -0.15) is 0 Å². The first-order valence-corrected chi connectivity index (χ1v) is 3.54. The molecule has 0 aromatic heterocycles. The molecule has 0 N–H and O–H groups in total. The first-order valence-electron chi connectivity index (χ1n) is 3.54. The number of carbonyl (C=O) groups excluding carboxylic acids is 2. The molecule has 0 bridgehead atoms. The maximum Gasteiger partial charge on any atom is 0.221 e. The van der Waals surface area contributed by atoms with E-state index >= 15 is 0 Å². The molecule has 0 saturated carbocycles. The highest BCUT2D eigenvalue weighted by atomic mass is 16.2. The molecule has 0 heterocycles. The Balaban J connectivity index is 2.62. The number of carbonyl (C=O) groups is 2. The van der Waals surface area contributed by atoms with Gasteiger partial charge in [0.25, 0.3) is 0 Å². The molecule has 2 heteroatoms. The van der Waals surface area contributed by atoms with Crippen LogP contribution in [0.4, 0.5) is 0 Å². The lowest BCUT2D eigenvalue weighted by Gasteiger charge is -1.99. The molecule has 1 aliphatic rings. The standard InChI is InChI=1S/C8H10O2/c9-7-5-3-1-2-4-6-8(7)10/h3,5H,1-2,4,6H2/b5-3-. The van der Waals surface area contributed by atoms with Crippen molar-refractivity contribution in [1.29, 1.82) is 0 Å². The Hall–Kier alpha value is -0.920. The number of allylic oxidation sites excluding steroid dienone is 2. The Morgan fingerprint density at radius 2 is 2.00 bits per heavy atom. The van der Waals surface area contributed by atoms with Crippen molar-refractivity contribution in [3.8, 4) is 0 Å². The summed E-state index contributed by atoms with van der Waals surface area (Å²) in [7, 11) is 0. The van der Waals surface area contributed by atoms with Gasteiger partial charge in [0.05, 0.1) is 0 Å². The van der Waals surface area contributed by atoms with Gasteiger partial charge in [0, 0.05) is 6.42 Å². The molecule has 0 fully saturated rings. The fraction of sp³-hybridized carbons (Fsp3) is 0.500. The zero-order valence-corrected chi connectivity index (χ0v) is 5.80. The Bertz CT molecular complexity index is 180. The van der Waals surface area contributed by atoms with Gasteiger partial charge in [-0.05, 0) is 25.3 Å². The van der Waals surface area contributed by atoms with Gasteiger partial charge in [-0.3, -0.25) is 9.59 Å². The SMILES string of the molecule is O=C1/C=C\CCCCC1=O. The fourth-order valence-electron chi connectivity index (χ4n) is 0.954. The number of Topliss-reactive ketones (excluding diaryl/α,β-unsaturated/α-hetero) is 1. The molecule has 0 amide bonds. The lowest BCUT2D eigenvalue weighted by atomic mass is 10.0. The van der Waals surface area contributed by atoms with Gasteiger partial charge < -0.3 is 0 Å². The maximum absolute atomic E-state index is 10.8. The Morgan fingerprint density at radius 3 is 2.80 bits per heavy atom. The van der Waals surface area contributed by atoms with E-state index in [1.54, 1.807) is 6.08 Å². The monoisotopic (exact) mass is 138 g/mol. The molecule has 1 aliphatic carbocycles. The predicted octanol–water partition coefficient (Wildman–Crippen LogP) is 1.25. The van der Waals surface area contributed by atoms with Gasteiger partial charge in [-0.15, -0.1) is 0 Å². The van der Waals surface area contributed by atoms with E-state index in [1.165, 1.54) is 6.08 Å². The quantitative estimate of drug-likeness (QED) is 0.472. The molecule has 10 heavy (non-hydrogen) atoms. The van der Waals surface area contributed by atoms with E-state index in [0.29, 0.717) is 6.42 Å². The van der Waals surface area contributed by atoms with Crippen molar-refractivity contribution >= 4 is 11.6 Å². The van der Waals surface area contributed by atoms with Crippen LogP contribution in [0.2, 0.25) is 0 Å². The van der Waals surface area contributed by atoms with Crippen LogP contribution >= 0.6 is 0 Å². The normalized spacial score (nSPS) is 23.6. The topological polar surface area (TPSA) is 34.1 Å². The third-order valence-corrected chi connectivity index (χ3v) is 1.57. The molecular weight excluding hydrogens is 128 g/mol. The molecule has 0 atom stereocenters. The second-order valence-corrected chi connectivity index (χ2v) is 2.44. The van der Waals surface area contributed by atoms with E-state index in [4.69, 9.17) is 0 Å². The van der Waals surface area contributed by atoms with E-state index in [2.05, 4.69) is 0 Å². The van der Waals surface area contributed by atoms with E-state index < -0.39 is 0 Å². The maximum atomic E-state index is 10.8. The zero-order chi connectivity index (χ0) is 7.40. The van der Waals surface area contributed by atoms with Crippen molar-refractivity contribution in [2.24, 2.45) is 0 Å². The van der Waals surface area contributed by atoms with E-state index in [1.807, 2.05) is 0 Å². The van der Waals surface area contributed by atoms with Gasteiger partial charge in [0.15, 0.2) is 0 Å². The van der Waals surface area contributed by atoms with Crippen molar-refractivity contribution in [3.05, 3.63) is 12.2 Å². The average molecular weight is 138 g/mol. The van der Waals surface area contributed by atoms with Crippen LogP contribution in [0.15, 0.2) is 12.2 Å².